The zero-order valence-electron chi connectivity index (χ0n) is 23.3. The van der Waals surface area contributed by atoms with Crippen molar-refractivity contribution in [2.24, 2.45) is 0 Å². The number of anilines is 2. The second-order valence-corrected chi connectivity index (χ2v) is 11.1. The predicted molar refractivity (Wildman–Crippen MR) is 170 cm³/mol. The molecule has 214 valence electrons. The van der Waals surface area contributed by atoms with E-state index >= 15 is 0 Å². The molecule has 1 unspecified atom stereocenters. The fraction of sp³-hybridized carbons (Fsp3) is 0.121. The number of carbonyl (C=O) groups is 3. The number of carbonyl (C=O) groups excluding carboxylic acids is 3. The largest absolute Gasteiger partial charge is 0.497 e. The molecule has 0 radical (unpaired) electrons. The van der Waals surface area contributed by atoms with E-state index in [4.69, 9.17) is 16.3 Å². The Morgan fingerprint density at radius 1 is 0.881 bits per heavy atom. The minimum absolute atomic E-state index is 0.0668. The van der Waals surface area contributed by atoms with E-state index in [-0.39, 0.29) is 16.9 Å². The van der Waals surface area contributed by atoms with Gasteiger partial charge in [-0.15, -0.1) is 11.8 Å². The predicted octanol–water partition coefficient (Wildman–Crippen LogP) is 7.19. The van der Waals surface area contributed by atoms with E-state index in [1.807, 2.05) is 44.2 Å². The molecule has 0 bridgehead atoms. The van der Waals surface area contributed by atoms with Gasteiger partial charge in [-0.25, -0.2) is 0 Å². The highest BCUT2D eigenvalue weighted by Gasteiger charge is 2.18. The average Bonchev–Trinajstić information content (AvgIpc) is 3.00. The molecule has 0 heterocycles. The molecule has 0 aliphatic rings. The van der Waals surface area contributed by atoms with Crippen LogP contribution in [0.1, 0.15) is 28.4 Å². The summed E-state index contributed by atoms with van der Waals surface area (Å²) in [4.78, 5) is 39.8. The van der Waals surface area contributed by atoms with Gasteiger partial charge in [0.15, 0.2) is 0 Å². The number of rotatable bonds is 10. The van der Waals surface area contributed by atoms with Crippen LogP contribution in [0.5, 0.6) is 5.75 Å². The lowest BCUT2D eigenvalue weighted by Gasteiger charge is -2.15. The van der Waals surface area contributed by atoms with Crippen molar-refractivity contribution in [2.75, 3.05) is 17.7 Å². The highest BCUT2D eigenvalue weighted by atomic mass is 35.5. The summed E-state index contributed by atoms with van der Waals surface area (Å²) in [5.74, 6) is -0.431. The fourth-order valence-electron chi connectivity index (χ4n) is 3.89. The minimum atomic E-state index is -0.493. The van der Waals surface area contributed by atoms with Gasteiger partial charge in [0.25, 0.3) is 11.8 Å². The molecule has 0 fully saturated rings. The molecule has 7 nitrogen and oxygen atoms in total. The van der Waals surface area contributed by atoms with Gasteiger partial charge in [0.2, 0.25) is 5.91 Å². The van der Waals surface area contributed by atoms with Crippen molar-refractivity contribution in [3.8, 4) is 5.75 Å². The van der Waals surface area contributed by atoms with Gasteiger partial charge in [0.05, 0.1) is 12.4 Å². The molecule has 3 amide bonds. The SMILES string of the molecule is COc1cccc(/C=C(\NC(=O)c2ccccc2)C(=O)Nc2ccc(SC(C)C(=O)Nc3cccc(Cl)c3C)cc2)c1. The van der Waals surface area contributed by atoms with E-state index in [0.29, 0.717) is 33.3 Å². The van der Waals surface area contributed by atoms with Crippen molar-refractivity contribution in [3.05, 3.63) is 124 Å². The monoisotopic (exact) mass is 599 g/mol. The van der Waals surface area contributed by atoms with E-state index in [0.717, 1.165) is 10.5 Å². The van der Waals surface area contributed by atoms with Crippen LogP contribution in [-0.2, 0) is 9.59 Å². The maximum Gasteiger partial charge on any atom is 0.272 e. The maximum atomic E-state index is 13.3. The molecule has 4 rings (SSSR count). The first kappa shape index (κ1) is 30.4. The van der Waals surface area contributed by atoms with Gasteiger partial charge in [-0.05, 0) is 91.7 Å². The first-order valence-electron chi connectivity index (χ1n) is 13.1. The van der Waals surface area contributed by atoms with Gasteiger partial charge in [0, 0.05) is 26.9 Å². The number of hydrogen-bond donors (Lipinski definition) is 3. The molecule has 0 aliphatic carbocycles. The quantitative estimate of drug-likeness (QED) is 0.132. The Morgan fingerprint density at radius 3 is 2.31 bits per heavy atom. The van der Waals surface area contributed by atoms with Crippen LogP contribution in [0.25, 0.3) is 6.08 Å². The van der Waals surface area contributed by atoms with Crippen LogP contribution in [0.15, 0.2) is 108 Å². The number of nitrogens with one attached hydrogen (secondary N) is 3. The second-order valence-electron chi connectivity index (χ2n) is 9.30. The Labute approximate surface area is 254 Å². The van der Waals surface area contributed by atoms with Crippen LogP contribution in [0.3, 0.4) is 0 Å². The van der Waals surface area contributed by atoms with E-state index in [9.17, 15) is 14.4 Å². The number of benzene rings is 4. The number of halogens is 1. The molecule has 4 aromatic rings. The normalized spacial score (nSPS) is 11.8. The molecule has 3 N–H and O–H groups in total. The van der Waals surface area contributed by atoms with Crippen molar-refractivity contribution in [1.82, 2.24) is 5.32 Å². The van der Waals surface area contributed by atoms with Crippen LogP contribution >= 0.6 is 23.4 Å². The van der Waals surface area contributed by atoms with E-state index < -0.39 is 11.8 Å². The van der Waals surface area contributed by atoms with Crippen LogP contribution in [0, 0.1) is 6.92 Å². The Hall–Kier alpha value is -4.53. The molecule has 1 atom stereocenters. The van der Waals surface area contributed by atoms with Crippen LogP contribution < -0.4 is 20.7 Å². The Kier molecular flexibility index (Phi) is 10.4. The Bertz CT molecular complexity index is 1610. The maximum absolute atomic E-state index is 13.3. The van der Waals surface area contributed by atoms with Gasteiger partial charge in [-0.2, -0.15) is 0 Å². The van der Waals surface area contributed by atoms with Crippen molar-refractivity contribution in [1.29, 1.82) is 0 Å². The second kappa shape index (κ2) is 14.4. The van der Waals surface area contributed by atoms with Crippen molar-refractivity contribution in [3.63, 3.8) is 0 Å². The van der Waals surface area contributed by atoms with Crippen molar-refractivity contribution in [2.45, 2.75) is 24.0 Å². The number of methoxy groups -OCH3 is 1. The number of hydrogen-bond acceptors (Lipinski definition) is 5. The number of amides is 3. The first-order valence-corrected chi connectivity index (χ1v) is 14.4. The lowest BCUT2D eigenvalue weighted by atomic mass is 10.1. The molecule has 9 heteroatoms. The van der Waals surface area contributed by atoms with Crippen LogP contribution in [0.2, 0.25) is 5.02 Å². The molecular weight excluding hydrogens is 570 g/mol. The summed E-state index contributed by atoms with van der Waals surface area (Å²) in [5.41, 5.74) is 3.19. The molecule has 0 saturated heterocycles. The third-order valence-corrected chi connectivity index (χ3v) is 7.77. The summed E-state index contributed by atoms with van der Waals surface area (Å²) in [6.45, 7) is 3.67. The first-order chi connectivity index (χ1) is 20.2. The molecule has 0 aliphatic heterocycles. The standard InChI is InChI=1S/C33H30ClN3O4S/c1-21-28(34)13-8-14-29(21)36-31(38)22(2)42-27-17-15-25(16-18-27)35-33(40)30(20-23-9-7-12-26(19-23)41-3)37-32(39)24-10-5-4-6-11-24/h4-20,22H,1-3H3,(H,35,40)(H,36,38)(H,37,39)/b30-20-. The molecule has 42 heavy (non-hydrogen) atoms. The van der Waals surface area contributed by atoms with E-state index in [2.05, 4.69) is 16.0 Å². The summed E-state index contributed by atoms with van der Waals surface area (Å²) in [5, 5.41) is 8.71. The van der Waals surface area contributed by atoms with Crippen molar-refractivity contribution >= 4 is 58.5 Å². The highest BCUT2D eigenvalue weighted by Crippen LogP contribution is 2.28. The summed E-state index contributed by atoms with van der Waals surface area (Å²) in [6.07, 6.45) is 1.59. The van der Waals surface area contributed by atoms with Gasteiger partial charge < -0.3 is 20.7 Å². The Morgan fingerprint density at radius 2 is 1.60 bits per heavy atom. The fourth-order valence-corrected chi connectivity index (χ4v) is 4.93. The molecule has 0 saturated carbocycles. The zero-order valence-corrected chi connectivity index (χ0v) is 24.9. The van der Waals surface area contributed by atoms with E-state index in [1.54, 1.807) is 79.9 Å². The summed E-state index contributed by atoms with van der Waals surface area (Å²) >= 11 is 7.56. The molecular formula is C33H30ClN3O4S. The zero-order chi connectivity index (χ0) is 30.1. The highest BCUT2D eigenvalue weighted by molar-refractivity contribution is 8.00. The minimum Gasteiger partial charge on any atom is -0.497 e. The van der Waals surface area contributed by atoms with Gasteiger partial charge >= 0.3 is 0 Å². The van der Waals surface area contributed by atoms with Crippen molar-refractivity contribution < 1.29 is 19.1 Å². The summed E-state index contributed by atoms with van der Waals surface area (Å²) < 4.78 is 5.29. The van der Waals surface area contributed by atoms with Crippen LogP contribution in [0.4, 0.5) is 11.4 Å². The van der Waals surface area contributed by atoms with Gasteiger partial charge in [-0.3, -0.25) is 14.4 Å². The Balaban J connectivity index is 1.45. The molecule has 0 spiro atoms. The molecule has 0 aromatic heterocycles. The summed E-state index contributed by atoms with van der Waals surface area (Å²) in [6, 6.07) is 28.3. The van der Waals surface area contributed by atoms with Gasteiger partial charge in [0.1, 0.15) is 11.4 Å². The van der Waals surface area contributed by atoms with Crippen LogP contribution in [-0.4, -0.2) is 30.1 Å². The number of thioether (sulfide) groups is 1. The topological polar surface area (TPSA) is 96.5 Å². The smallest absolute Gasteiger partial charge is 0.272 e. The van der Waals surface area contributed by atoms with E-state index in [1.165, 1.54) is 11.8 Å². The third-order valence-electron chi connectivity index (χ3n) is 6.25. The third kappa shape index (κ3) is 8.25. The lowest BCUT2D eigenvalue weighted by Crippen LogP contribution is -2.30. The number of ether oxygens (including phenoxy) is 1. The summed E-state index contributed by atoms with van der Waals surface area (Å²) in [7, 11) is 1.56. The van der Waals surface area contributed by atoms with Gasteiger partial charge in [-0.1, -0.05) is 48.0 Å². The lowest BCUT2D eigenvalue weighted by molar-refractivity contribution is -0.115. The molecule has 4 aromatic carbocycles. The average molecular weight is 600 g/mol.